The highest BCUT2D eigenvalue weighted by Crippen LogP contribution is 2.33. The number of anilines is 1. The van der Waals surface area contributed by atoms with E-state index in [4.69, 9.17) is 15.1 Å². The lowest BCUT2D eigenvalue weighted by molar-refractivity contribution is -0.146. The van der Waals surface area contributed by atoms with Gasteiger partial charge in [0.2, 0.25) is 0 Å². The van der Waals surface area contributed by atoms with Crippen molar-refractivity contribution < 1.29 is 14.6 Å². The average molecular weight is 260 g/mol. The Morgan fingerprint density at radius 2 is 2.16 bits per heavy atom. The van der Waals surface area contributed by atoms with Crippen LogP contribution in [0.2, 0.25) is 0 Å². The number of nitrogens with zero attached hydrogens (tertiary/aromatic N) is 2. The zero-order valence-electron chi connectivity index (χ0n) is 10.8. The number of nitriles is 1. The van der Waals surface area contributed by atoms with Crippen LogP contribution in [0.1, 0.15) is 12.8 Å². The summed E-state index contributed by atoms with van der Waals surface area (Å²) in [4.78, 5) is 13.3. The molecule has 1 saturated heterocycles. The number of carboxylic acid groups (broad SMARTS) is 1. The van der Waals surface area contributed by atoms with Gasteiger partial charge in [-0.2, -0.15) is 5.26 Å². The van der Waals surface area contributed by atoms with Gasteiger partial charge in [-0.15, -0.1) is 0 Å². The highest BCUT2D eigenvalue weighted by Gasteiger charge is 2.42. The van der Waals surface area contributed by atoms with E-state index in [1.54, 1.807) is 7.11 Å². The number of aliphatic carboxylic acids is 1. The van der Waals surface area contributed by atoms with Crippen molar-refractivity contribution in [3.8, 4) is 11.8 Å². The van der Waals surface area contributed by atoms with E-state index in [1.165, 1.54) is 0 Å². The number of benzene rings is 1. The molecule has 19 heavy (non-hydrogen) atoms. The Morgan fingerprint density at radius 1 is 1.47 bits per heavy atom. The van der Waals surface area contributed by atoms with Crippen molar-refractivity contribution in [1.29, 1.82) is 5.26 Å². The first-order valence-corrected chi connectivity index (χ1v) is 6.15. The molecule has 0 radical (unpaired) electrons. The van der Waals surface area contributed by atoms with Crippen molar-refractivity contribution in [2.24, 2.45) is 5.41 Å². The Labute approximate surface area is 112 Å². The van der Waals surface area contributed by atoms with Gasteiger partial charge < -0.3 is 14.7 Å². The molecule has 0 aromatic heterocycles. The van der Waals surface area contributed by atoms with Gasteiger partial charge in [-0.1, -0.05) is 6.07 Å². The fraction of sp³-hybridized carbons (Fsp3) is 0.429. The predicted molar refractivity (Wildman–Crippen MR) is 70.1 cm³/mol. The molecule has 100 valence electrons. The number of carboxylic acids is 1. The summed E-state index contributed by atoms with van der Waals surface area (Å²) < 4.78 is 5.17. The van der Waals surface area contributed by atoms with Crippen molar-refractivity contribution >= 4 is 11.7 Å². The van der Waals surface area contributed by atoms with Crippen molar-refractivity contribution in [1.82, 2.24) is 0 Å². The molecule has 1 N–H and O–H groups in total. The summed E-state index contributed by atoms with van der Waals surface area (Å²) >= 11 is 0. The van der Waals surface area contributed by atoms with E-state index in [0.29, 0.717) is 25.9 Å². The monoisotopic (exact) mass is 260 g/mol. The van der Waals surface area contributed by atoms with Crippen LogP contribution >= 0.6 is 0 Å². The fourth-order valence-corrected chi connectivity index (χ4v) is 2.33. The van der Waals surface area contributed by atoms with Crippen LogP contribution in [0.3, 0.4) is 0 Å². The van der Waals surface area contributed by atoms with Crippen LogP contribution in [0.4, 0.5) is 5.69 Å². The van der Waals surface area contributed by atoms with E-state index in [9.17, 15) is 4.79 Å². The highest BCUT2D eigenvalue weighted by molar-refractivity contribution is 5.78. The molecule has 0 unspecified atom stereocenters. The Hall–Kier alpha value is -2.22. The predicted octanol–water partition coefficient (Wildman–Crippen LogP) is 1.89. The van der Waals surface area contributed by atoms with Gasteiger partial charge in [0.05, 0.1) is 13.2 Å². The first-order chi connectivity index (χ1) is 9.11. The third kappa shape index (κ3) is 2.48. The lowest BCUT2D eigenvalue weighted by Crippen LogP contribution is -2.43. The molecule has 0 atom stereocenters. The number of piperidine rings is 1. The fourth-order valence-electron chi connectivity index (χ4n) is 2.33. The van der Waals surface area contributed by atoms with Crippen LogP contribution in [0.15, 0.2) is 24.3 Å². The van der Waals surface area contributed by atoms with Crippen molar-refractivity contribution in [3.05, 3.63) is 24.3 Å². The van der Waals surface area contributed by atoms with Crippen LogP contribution in [-0.2, 0) is 4.79 Å². The lowest BCUT2D eigenvalue weighted by atomic mass is 9.80. The van der Waals surface area contributed by atoms with E-state index in [0.717, 1.165) is 11.4 Å². The minimum Gasteiger partial charge on any atom is -0.497 e. The van der Waals surface area contributed by atoms with Gasteiger partial charge in [0.1, 0.15) is 5.75 Å². The first-order valence-electron chi connectivity index (χ1n) is 6.15. The largest absolute Gasteiger partial charge is 0.497 e. The van der Waals surface area contributed by atoms with Gasteiger partial charge in [0, 0.05) is 24.8 Å². The molecule has 0 amide bonds. The van der Waals surface area contributed by atoms with Crippen molar-refractivity contribution in [2.75, 3.05) is 25.1 Å². The van der Waals surface area contributed by atoms with E-state index >= 15 is 0 Å². The standard InChI is InChI=1S/C14H16N2O3/c1-19-12-4-2-3-11(9-12)16-7-5-14(10-15,6-8-16)13(17)18/h2-4,9H,5-8H2,1H3,(H,17,18). The minimum absolute atomic E-state index is 0.343. The summed E-state index contributed by atoms with van der Waals surface area (Å²) in [6.45, 7) is 1.13. The van der Waals surface area contributed by atoms with Crippen LogP contribution < -0.4 is 9.64 Å². The van der Waals surface area contributed by atoms with Gasteiger partial charge in [-0.3, -0.25) is 4.79 Å². The molecule has 1 aromatic rings. The van der Waals surface area contributed by atoms with Crippen LogP contribution in [0.5, 0.6) is 5.75 Å². The number of hydrogen-bond donors (Lipinski definition) is 1. The second-order valence-corrected chi connectivity index (χ2v) is 4.69. The maximum absolute atomic E-state index is 11.2. The molecule has 2 rings (SSSR count). The topological polar surface area (TPSA) is 73.6 Å². The molecular weight excluding hydrogens is 244 g/mol. The number of rotatable bonds is 3. The first kappa shape index (κ1) is 13.2. The van der Waals surface area contributed by atoms with Crippen molar-refractivity contribution in [2.45, 2.75) is 12.8 Å². The molecule has 0 aliphatic carbocycles. The molecule has 0 saturated carbocycles. The van der Waals surface area contributed by atoms with Crippen LogP contribution in [0, 0.1) is 16.7 Å². The van der Waals surface area contributed by atoms with E-state index in [1.807, 2.05) is 30.3 Å². The van der Waals surface area contributed by atoms with E-state index < -0.39 is 11.4 Å². The highest BCUT2D eigenvalue weighted by atomic mass is 16.5. The number of methoxy groups -OCH3 is 1. The molecule has 1 aromatic carbocycles. The molecule has 1 heterocycles. The zero-order valence-corrected chi connectivity index (χ0v) is 10.8. The maximum Gasteiger partial charge on any atom is 0.324 e. The molecule has 5 heteroatoms. The zero-order chi connectivity index (χ0) is 13.9. The molecule has 1 fully saturated rings. The van der Waals surface area contributed by atoms with Crippen LogP contribution in [0.25, 0.3) is 0 Å². The van der Waals surface area contributed by atoms with Crippen LogP contribution in [-0.4, -0.2) is 31.3 Å². The second kappa shape index (κ2) is 5.19. The van der Waals surface area contributed by atoms with E-state index in [-0.39, 0.29) is 0 Å². The summed E-state index contributed by atoms with van der Waals surface area (Å²) in [6, 6.07) is 9.60. The molecular formula is C14H16N2O3. The minimum atomic E-state index is -1.23. The maximum atomic E-state index is 11.2. The summed E-state index contributed by atoms with van der Waals surface area (Å²) in [5.41, 5.74) is -0.230. The third-order valence-corrected chi connectivity index (χ3v) is 3.66. The molecule has 0 spiro atoms. The van der Waals surface area contributed by atoms with E-state index in [2.05, 4.69) is 4.90 Å². The third-order valence-electron chi connectivity index (χ3n) is 3.66. The Balaban J connectivity index is 2.11. The summed E-state index contributed by atoms with van der Waals surface area (Å²) in [5.74, 6) is -0.242. The van der Waals surface area contributed by atoms with Crippen molar-refractivity contribution in [3.63, 3.8) is 0 Å². The Bertz CT molecular complexity index is 514. The lowest BCUT2D eigenvalue weighted by Gasteiger charge is -2.36. The SMILES string of the molecule is COc1cccc(N2CCC(C#N)(C(=O)O)CC2)c1. The Morgan fingerprint density at radius 3 is 2.68 bits per heavy atom. The number of hydrogen-bond acceptors (Lipinski definition) is 4. The van der Waals surface area contributed by atoms with Gasteiger partial charge in [-0.05, 0) is 25.0 Å². The number of carbonyl (C=O) groups is 1. The molecule has 5 nitrogen and oxygen atoms in total. The quantitative estimate of drug-likeness (QED) is 0.898. The summed E-state index contributed by atoms with van der Waals surface area (Å²) in [6.07, 6.45) is 0.687. The van der Waals surface area contributed by atoms with Gasteiger partial charge in [0.15, 0.2) is 5.41 Å². The molecule has 1 aliphatic rings. The average Bonchev–Trinajstić information content (AvgIpc) is 2.47. The normalized spacial score (nSPS) is 17.6. The second-order valence-electron chi connectivity index (χ2n) is 4.69. The van der Waals surface area contributed by atoms with Gasteiger partial charge >= 0.3 is 5.97 Å². The number of ether oxygens (including phenoxy) is 1. The summed E-state index contributed by atoms with van der Waals surface area (Å²) in [5, 5.41) is 18.2. The Kier molecular flexibility index (Phi) is 3.61. The summed E-state index contributed by atoms with van der Waals surface area (Å²) in [7, 11) is 1.61. The molecule has 1 aliphatic heterocycles. The smallest absolute Gasteiger partial charge is 0.324 e. The van der Waals surface area contributed by atoms with Gasteiger partial charge in [-0.25, -0.2) is 0 Å². The molecule has 0 bridgehead atoms. The van der Waals surface area contributed by atoms with Gasteiger partial charge in [0.25, 0.3) is 0 Å².